The van der Waals surface area contributed by atoms with Gasteiger partial charge in [0.15, 0.2) is 0 Å². The van der Waals surface area contributed by atoms with Crippen molar-refractivity contribution in [1.82, 2.24) is 9.62 Å². The third kappa shape index (κ3) is 3.43. The standard InChI is InChI=1S/C13H16N2O6S/c1-15-7-9(6-11(15)13(18)19)14-22(20,21)10-4-2-8(3-5-10)12(16)17/h2-5,9,11,14H,6-7H2,1H3,(H,16,17)(H,18,19)/t9-,11+/m1/s1. The van der Waals surface area contributed by atoms with E-state index in [-0.39, 0.29) is 16.9 Å². The normalized spacial score (nSPS) is 22.6. The lowest BCUT2D eigenvalue weighted by Gasteiger charge is -2.13. The summed E-state index contributed by atoms with van der Waals surface area (Å²) in [4.78, 5) is 23.3. The second-order valence-electron chi connectivity index (χ2n) is 5.18. The fourth-order valence-electron chi connectivity index (χ4n) is 2.44. The van der Waals surface area contributed by atoms with Crippen LogP contribution in [0.15, 0.2) is 29.2 Å². The molecule has 0 radical (unpaired) electrons. The second kappa shape index (κ2) is 6.03. The lowest BCUT2D eigenvalue weighted by atomic mass is 10.2. The van der Waals surface area contributed by atoms with E-state index >= 15 is 0 Å². The largest absolute Gasteiger partial charge is 0.480 e. The van der Waals surface area contributed by atoms with Crippen molar-refractivity contribution in [3.8, 4) is 0 Å². The topological polar surface area (TPSA) is 124 Å². The number of rotatable bonds is 5. The van der Waals surface area contributed by atoms with Gasteiger partial charge in [0.25, 0.3) is 0 Å². The number of aromatic carboxylic acids is 1. The summed E-state index contributed by atoms with van der Waals surface area (Å²) in [5.41, 5.74) is -0.00880. The molecule has 1 heterocycles. The fourth-order valence-corrected chi connectivity index (χ4v) is 3.68. The molecule has 3 N–H and O–H groups in total. The molecule has 1 aliphatic heterocycles. The van der Waals surface area contributed by atoms with Crippen LogP contribution in [0.5, 0.6) is 0 Å². The smallest absolute Gasteiger partial charge is 0.335 e. The number of hydrogen-bond acceptors (Lipinski definition) is 5. The summed E-state index contributed by atoms with van der Waals surface area (Å²) in [6, 6.07) is 3.60. The van der Waals surface area contributed by atoms with Gasteiger partial charge in [-0.05, 0) is 37.7 Å². The number of carboxylic acids is 2. The molecule has 0 aliphatic carbocycles. The highest BCUT2D eigenvalue weighted by molar-refractivity contribution is 7.89. The third-order valence-electron chi connectivity index (χ3n) is 3.57. The van der Waals surface area contributed by atoms with Crippen LogP contribution in [-0.2, 0) is 14.8 Å². The van der Waals surface area contributed by atoms with Gasteiger partial charge in [-0.1, -0.05) is 0 Å². The molecule has 120 valence electrons. The van der Waals surface area contributed by atoms with Crippen LogP contribution in [0.25, 0.3) is 0 Å². The number of aliphatic carboxylic acids is 1. The number of benzene rings is 1. The van der Waals surface area contributed by atoms with E-state index in [1.807, 2.05) is 0 Å². The van der Waals surface area contributed by atoms with Gasteiger partial charge >= 0.3 is 11.9 Å². The monoisotopic (exact) mass is 328 g/mol. The van der Waals surface area contributed by atoms with Crippen LogP contribution in [-0.4, -0.2) is 61.1 Å². The number of carbonyl (C=O) groups is 2. The lowest BCUT2D eigenvalue weighted by molar-refractivity contribution is -0.141. The highest BCUT2D eigenvalue weighted by atomic mass is 32.2. The average molecular weight is 328 g/mol. The number of nitrogens with one attached hydrogen (secondary N) is 1. The van der Waals surface area contributed by atoms with Crippen molar-refractivity contribution in [2.75, 3.05) is 13.6 Å². The Morgan fingerprint density at radius 2 is 1.82 bits per heavy atom. The molecule has 1 fully saturated rings. The first-order valence-electron chi connectivity index (χ1n) is 6.49. The molecule has 0 saturated carbocycles. The summed E-state index contributed by atoms with van der Waals surface area (Å²) in [5, 5.41) is 17.8. The number of sulfonamides is 1. The van der Waals surface area contributed by atoms with Gasteiger partial charge < -0.3 is 10.2 Å². The minimum Gasteiger partial charge on any atom is -0.480 e. The Hall–Kier alpha value is -1.97. The molecule has 8 nitrogen and oxygen atoms in total. The van der Waals surface area contributed by atoms with Crippen LogP contribution in [0.1, 0.15) is 16.8 Å². The van der Waals surface area contributed by atoms with Crippen LogP contribution in [0.4, 0.5) is 0 Å². The maximum atomic E-state index is 12.2. The van der Waals surface area contributed by atoms with E-state index in [2.05, 4.69) is 4.72 Å². The molecule has 0 spiro atoms. The van der Waals surface area contributed by atoms with Crippen molar-refractivity contribution in [3.05, 3.63) is 29.8 Å². The van der Waals surface area contributed by atoms with Gasteiger partial charge in [0, 0.05) is 12.6 Å². The Morgan fingerprint density at radius 1 is 1.23 bits per heavy atom. The van der Waals surface area contributed by atoms with Gasteiger partial charge in [-0.2, -0.15) is 0 Å². The van der Waals surface area contributed by atoms with Crippen molar-refractivity contribution in [3.63, 3.8) is 0 Å². The molecule has 1 saturated heterocycles. The maximum Gasteiger partial charge on any atom is 0.335 e. The molecule has 2 atom stereocenters. The second-order valence-corrected chi connectivity index (χ2v) is 6.89. The van der Waals surface area contributed by atoms with Crippen molar-refractivity contribution in [1.29, 1.82) is 0 Å². The number of carboxylic acid groups (broad SMARTS) is 2. The lowest BCUT2D eigenvalue weighted by Crippen LogP contribution is -2.36. The minimum absolute atomic E-state index is 0.00880. The van der Waals surface area contributed by atoms with Gasteiger partial charge in [0.05, 0.1) is 10.5 Å². The molecule has 22 heavy (non-hydrogen) atoms. The molecule has 0 bridgehead atoms. The highest BCUT2D eigenvalue weighted by Crippen LogP contribution is 2.19. The van der Waals surface area contributed by atoms with Crippen LogP contribution in [0.3, 0.4) is 0 Å². The summed E-state index contributed by atoms with van der Waals surface area (Å²) in [6.45, 7) is 0.295. The molecule has 1 aliphatic rings. The SMILES string of the molecule is CN1C[C@H](NS(=O)(=O)c2ccc(C(=O)O)cc2)C[C@H]1C(=O)O. The van der Waals surface area contributed by atoms with Crippen molar-refractivity contribution >= 4 is 22.0 Å². The molecule has 1 aromatic carbocycles. The van der Waals surface area contributed by atoms with Gasteiger partial charge in [0.1, 0.15) is 6.04 Å². The van der Waals surface area contributed by atoms with Crippen molar-refractivity contribution < 1.29 is 28.2 Å². The Kier molecular flexibility index (Phi) is 4.50. The number of likely N-dealkylation sites (tertiary alicyclic amines) is 1. The Balaban J connectivity index is 2.12. The summed E-state index contributed by atoms with van der Waals surface area (Å²) in [7, 11) is -2.20. The number of hydrogen-bond donors (Lipinski definition) is 3. The summed E-state index contributed by atoms with van der Waals surface area (Å²) >= 11 is 0. The first kappa shape index (κ1) is 16.4. The molecule has 0 aromatic heterocycles. The predicted molar refractivity (Wildman–Crippen MR) is 76.2 cm³/mol. The maximum absolute atomic E-state index is 12.2. The molecular formula is C13H16N2O6S. The Bertz CT molecular complexity index is 685. The number of likely N-dealkylation sites (N-methyl/N-ethyl adjacent to an activating group) is 1. The van der Waals surface area contributed by atoms with E-state index in [0.29, 0.717) is 6.54 Å². The van der Waals surface area contributed by atoms with E-state index in [0.717, 1.165) is 0 Å². The van der Waals surface area contributed by atoms with E-state index in [9.17, 15) is 18.0 Å². The van der Waals surface area contributed by atoms with Crippen LogP contribution in [0.2, 0.25) is 0 Å². The summed E-state index contributed by atoms with van der Waals surface area (Å²) in [6.07, 6.45) is 0.179. The molecule has 1 aromatic rings. The van der Waals surface area contributed by atoms with E-state index in [1.54, 1.807) is 11.9 Å². The molecule has 9 heteroatoms. The Morgan fingerprint density at radius 3 is 2.27 bits per heavy atom. The first-order chi connectivity index (χ1) is 10.2. The van der Waals surface area contributed by atoms with Gasteiger partial charge in [0.2, 0.25) is 10.0 Å². The van der Waals surface area contributed by atoms with Crippen molar-refractivity contribution in [2.24, 2.45) is 0 Å². The summed E-state index contributed by atoms with van der Waals surface area (Å²) < 4.78 is 26.9. The van der Waals surface area contributed by atoms with E-state index in [4.69, 9.17) is 10.2 Å². The molecular weight excluding hydrogens is 312 g/mol. The van der Waals surface area contributed by atoms with Gasteiger partial charge in [-0.25, -0.2) is 17.9 Å². The zero-order chi connectivity index (χ0) is 16.5. The zero-order valence-electron chi connectivity index (χ0n) is 11.8. The van der Waals surface area contributed by atoms with Crippen molar-refractivity contribution in [2.45, 2.75) is 23.4 Å². The van der Waals surface area contributed by atoms with Crippen LogP contribution < -0.4 is 4.72 Å². The fraction of sp³-hybridized carbons (Fsp3) is 0.385. The van der Waals surface area contributed by atoms with E-state index < -0.39 is 34.0 Å². The quantitative estimate of drug-likeness (QED) is 0.685. The van der Waals surface area contributed by atoms with Crippen LogP contribution >= 0.6 is 0 Å². The molecule has 2 rings (SSSR count). The van der Waals surface area contributed by atoms with E-state index in [1.165, 1.54) is 24.3 Å². The van der Waals surface area contributed by atoms with Gasteiger partial charge in [-0.15, -0.1) is 0 Å². The number of nitrogens with zero attached hydrogens (tertiary/aromatic N) is 1. The summed E-state index contributed by atoms with van der Waals surface area (Å²) in [5.74, 6) is -2.13. The van der Waals surface area contributed by atoms with Crippen LogP contribution in [0, 0.1) is 0 Å². The van der Waals surface area contributed by atoms with Gasteiger partial charge in [-0.3, -0.25) is 9.69 Å². The third-order valence-corrected chi connectivity index (χ3v) is 5.10. The first-order valence-corrected chi connectivity index (χ1v) is 7.98. The molecule has 0 amide bonds. The predicted octanol–water partition coefficient (Wildman–Crippen LogP) is -0.180. The molecule has 0 unspecified atom stereocenters. The average Bonchev–Trinajstić information content (AvgIpc) is 2.79. The zero-order valence-corrected chi connectivity index (χ0v) is 12.6. The highest BCUT2D eigenvalue weighted by Gasteiger charge is 2.36. The Labute approximate surface area is 127 Å². The minimum atomic E-state index is -3.82.